The smallest absolute Gasteiger partial charge is 0.294 e. The number of hydrogen-bond acceptors (Lipinski definition) is 4. The Kier molecular flexibility index (Phi) is 4.65. The highest BCUT2D eigenvalue weighted by molar-refractivity contribution is 7.85. The highest BCUT2D eigenvalue weighted by Gasteiger charge is 2.06. The van der Waals surface area contributed by atoms with E-state index in [-0.39, 0.29) is 4.90 Å². The Balaban J connectivity index is 0.000000202. The van der Waals surface area contributed by atoms with E-state index in [9.17, 15) is 8.42 Å². The van der Waals surface area contributed by atoms with E-state index >= 15 is 0 Å². The molecule has 1 aliphatic heterocycles. The van der Waals surface area contributed by atoms with Crippen LogP contribution in [0.4, 0.5) is 0 Å². The molecule has 1 aromatic rings. The molecule has 0 saturated carbocycles. The summed E-state index contributed by atoms with van der Waals surface area (Å²) in [7, 11) is -2.00. The van der Waals surface area contributed by atoms with Gasteiger partial charge in [0.05, 0.1) is 17.8 Å². The van der Waals surface area contributed by atoms with E-state index in [0.717, 1.165) is 18.7 Å². The fourth-order valence-electron chi connectivity index (χ4n) is 1.18. The van der Waals surface area contributed by atoms with Crippen LogP contribution in [0, 0.1) is 6.92 Å². The van der Waals surface area contributed by atoms with Crippen molar-refractivity contribution in [2.24, 2.45) is 4.99 Å². The molecule has 0 unspecified atom stereocenters. The summed E-state index contributed by atoms with van der Waals surface area (Å²) in [6.07, 6.45) is 1.86. The molecule has 6 heteroatoms. The molecule has 5 nitrogen and oxygen atoms in total. The van der Waals surface area contributed by atoms with Crippen LogP contribution in [0.5, 0.6) is 0 Å². The lowest BCUT2D eigenvalue weighted by molar-refractivity contribution is 0.483. The second kappa shape index (κ2) is 5.79. The van der Waals surface area contributed by atoms with E-state index in [4.69, 9.17) is 4.55 Å². The van der Waals surface area contributed by atoms with Crippen LogP contribution in [0.1, 0.15) is 5.56 Å². The minimum absolute atomic E-state index is 0.0666. The van der Waals surface area contributed by atoms with Crippen molar-refractivity contribution in [3.63, 3.8) is 0 Å². The molecule has 0 saturated heterocycles. The Morgan fingerprint density at radius 3 is 2.18 bits per heavy atom. The van der Waals surface area contributed by atoms with Gasteiger partial charge in [-0.1, -0.05) is 17.7 Å². The van der Waals surface area contributed by atoms with Crippen LogP contribution >= 0.6 is 0 Å². The molecule has 1 heterocycles. The topological polar surface area (TPSA) is 70.0 Å². The zero-order chi connectivity index (χ0) is 12.9. The molecule has 1 aromatic carbocycles. The summed E-state index contributed by atoms with van der Waals surface area (Å²) in [6, 6.07) is 5.99. The lowest BCUT2D eigenvalue weighted by Crippen LogP contribution is -2.11. The van der Waals surface area contributed by atoms with Gasteiger partial charge in [-0.05, 0) is 19.1 Å². The van der Waals surface area contributed by atoms with Gasteiger partial charge in [0.25, 0.3) is 10.1 Å². The zero-order valence-corrected chi connectivity index (χ0v) is 10.7. The van der Waals surface area contributed by atoms with Crippen molar-refractivity contribution < 1.29 is 13.0 Å². The second-order valence-corrected chi connectivity index (χ2v) is 5.21. The first-order valence-corrected chi connectivity index (χ1v) is 6.58. The SMILES string of the molecule is CN1C=NCC1.Cc1ccc(S(=O)(=O)O)cc1. The Morgan fingerprint density at radius 1 is 1.29 bits per heavy atom. The molecular weight excluding hydrogens is 240 g/mol. The number of benzene rings is 1. The molecular formula is C11H16N2O3S. The van der Waals surface area contributed by atoms with Crippen LogP contribution in [-0.4, -0.2) is 44.3 Å². The fourth-order valence-corrected chi connectivity index (χ4v) is 1.66. The molecule has 0 spiro atoms. The summed E-state index contributed by atoms with van der Waals surface area (Å²) >= 11 is 0. The molecule has 0 amide bonds. The average molecular weight is 256 g/mol. The first-order valence-electron chi connectivity index (χ1n) is 5.14. The zero-order valence-electron chi connectivity index (χ0n) is 9.87. The first-order chi connectivity index (χ1) is 7.89. The van der Waals surface area contributed by atoms with Crippen molar-refractivity contribution in [1.82, 2.24) is 4.90 Å². The maximum Gasteiger partial charge on any atom is 0.294 e. The number of nitrogens with zero attached hydrogens (tertiary/aromatic N) is 2. The third kappa shape index (κ3) is 4.97. The molecule has 0 aromatic heterocycles. The minimum atomic E-state index is -4.02. The van der Waals surface area contributed by atoms with Gasteiger partial charge in [0.1, 0.15) is 0 Å². The molecule has 2 rings (SSSR count). The Labute approximate surface area is 102 Å². The van der Waals surface area contributed by atoms with Gasteiger partial charge in [-0.15, -0.1) is 0 Å². The number of hydrogen-bond donors (Lipinski definition) is 1. The first kappa shape index (κ1) is 13.7. The van der Waals surface area contributed by atoms with Gasteiger partial charge in [0, 0.05) is 13.6 Å². The summed E-state index contributed by atoms with van der Waals surface area (Å²) in [4.78, 5) is 5.97. The van der Waals surface area contributed by atoms with Crippen LogP contribution in [0.2, 0.25) is 0 Å². The van der Waals surface area contributed by atoms with Gasteiger partial charge in [0.2, 0.25) is 0 Å². The normalized spacial score (nSPS) is 14.4. The quantitative estimate of drug-likeness (QED) is 0.767. The van der Waals surface area contributed by atoms with Crippen LogP contribution in [-0.2, 0) is 10.1 Å². The van der Waals surface area contributed by atoms with Crippen molar-refractivity contribution in [2.75, 3.05) is 20.1 Å². The van der Waals surface area contributed by atoms with Gasteiger partial charge >= 0.3 is 0 Å². The summed E-state index contributed by atoms with van der Waals surface area (Å²) in [5.74, 6) is 0. The standard InChI is InChI=1S/C7H8O3S.C4H8N2/c1-6-2-4-7(5-3-6)11(8,9)10;1-6-3-2-5-4-6/h2-5H,1H3,(H,8,9,10);4H,2-3H2,1H3. The Morgan fingerprint density at radius 2 is 1.88 bits per heavy atom. The van der Waals surface area contributed by atoms with Crippen molar-refractivity contribution >= 4 is 16.5 Å². The third-order valence-electron chi connectivity index (χ3n) is 2.18. The molecule has 0 fully saturated rings. The number of aliphatic imine (C=N–C) groups is 1. The molecule has 94 valence electrons. The average Bonchev–Trinajstić information content (AvgIpc) is 2.69. The molecule has 1 aliphatic rings. The minimum Gasteiger partial charge on any atom is -0.364 e. The van der Waals surface area contributed by atoms with Gasteiger partial charge in [-0.3, -0.25) is 9.55 Å². The summed E-state index contributed by atoms with van der Waals surface area (Å²) < 4.78 is 29.6. The highest BCUT2D eigenvalue weighted by atomic mass is 32.2. The monoisotopic (exact) mass is 256 g/mol. The molecule has 0 radical (unpaired) electrons. The van der Waals surface area contributed by atoms with E-state index in [0.29, 0.717) is 0 Å². The summed E-state index contributed by atoms with van der Waals surface area (Å²) in [5.41, 5.74) is 0.956. The van der Waals surface area contributed by atoms with Gasteiger partial charge in [-0.25, -0.2) is 0 Å². The molecule has 17 heavy (non-hydrogen) atoms. The molecule has 1 N–H and O–H groups in total. The maximum atomic E-state index is 10.5. The second-order valence-electron chi connectivity index (χ2n) is 3.79. The van der Waals surface area contributed by atoms with Gasteiger partial charge in [0.15, 0.2) is 0 Å². The Hall–Kier alpha value is -1.40. The van der Waals surface area contributed by atoms with E-state index in [2.05, 4.69) is 9.89 Å². The van der Waals surface area contributed by atoms with E-state index < -0.39 is 10.1 Å². The molecule has 0 atom stereocenters. The van der Waals surface area contributed by atoms with Crippen molar-refractivity contribution in [3.8, 4) is 0 Å². The predicted molar refractivity (Wildman–Crippen MR) is 67.0 cm³/mol. The van der Waals surface area contributed by atoms with E-state index in [1.54, 1.807) is 12.1 Å². The van der Waals surface area contributed by atoms with E-state index in [1.807, 2.05) is 20.3 Å². The highest BCUT2D eigenvalue weighted by Crippen LogP contribution is 2.08. The lowest BCUT2D eigenvalue weighted by Gasteiger charge is -1.99. The maximum absolute atomic E-state index is 10.5. The van der Waals surface area contributed by atoms with Crippen molar-refractivity contribution in [1.29, 1.82) is 0 Å². The lowest BCUT2D eigenvalue weighted by atomic mass is 10.2. The van der Waals surface area contributed by atoms with Gasteiger partial charge in [-0.2, -0.15) is 8.42 Å². The summed E-state index contributed by atoms with van der Waals surface area (Å²) in [5, 5.41) is 0. The van der Waals surface area contributed by atoms with Crippen molar-refractivity contribution in [2.45, 2.75) is 11.8 Å². The fraction of sp³-hybridized carbons (Fsp3) is 0.364. The third-order valence-corrected chi connectivity index (χ3v) is 3.05. The van der Waals surface area contributed by atoms with Crippen LogP contribution in [0.15, 0.2) is 34.2 Å². The predicted octanol–water partition coefficient (Wildman–Crippen LogP) is 1.20. The van der Waals surface area contributed by atoms with Crippen LogP contribution in [0.25, 0.3) is 0 Å². The number of likely N-dealkylation sites (N-methyl/N-ethyl adjacent to an activating group) is 1. The summed E-state index contributed by atoms with van der Waals surface area (Å²) in [6.45, 7) is 3.92. The van der Waals surface area contributed by atoms with Crippen LogP contribution < -0.4 is 0 Å². The van der Waals surface area contributed by atoms with Crippen LogP contribution in [0.3, 0.4) is 0 Å². The molecule has 0 bridgehead atoms. The van der Waals surface area contributed by atoms with E-state index in [1.165, 1.54) is 12.1 Å². The number of aryl methyl sites for hydroxylation is 1. The number of rotatable bonds is 1. The van der Waals surface area contributed by atoms with Gasteiger partial charge < -0.3 is 4.90 Å². The van der Waals surface area contributed by atoms with Crippen molar-refractivity contribution in [3.05, 3.63) is 29.8 Å². The Bertz CT molecular complexity index is 480. The largest absolute Gasteiger partial charge is 0.364 e. The molecule has 0 aliphatic carbocycles.